The second kappa shape index (κ2) is 5.19. The van der Waals surface area contributed by atoms with Crippen molar-refractivity contribution in [1.82, 2.24) is 19.3 Å². The van der Waals surface area contributed by atoms with E-state index < -0.39 is 0 Å². The van der Waals surface area contributed by atoms with Gasteiger partial charge in [0.15, 0.2) is 0 Å². The zero-order valence-electron chi connectivity index (χ0n) is 11.4. The summed E-state index contributed by atoms with van der Waals surface area (Å²) in [7, 11) is 3.84. The molecular formula is C13H16IN5O. The molecule has 1 aliphatic carbocycles. The maximum Gasteiger partial charge on any atom is 0.233 e. The van der Waals surface area contributed by atoms with Crippen molar-refractivity contribution in [3.8, 4) is 0 Å². The molecule has 1 amide bonds. The second-order valence-electron chi connectivity index (χ2n) is 5.09. The van der Waals surface area contributed by atoms with E-state index in [1.165, 1.54) is 5.69 Å². The minimum absolute atomic E-state index is 0.00978. The molecule has 2 aromatic rings. The van der Waals surface area contributed by atoms with Crippen molar-refractivity contribution in [3.05, 3.63) is 27.6 Å². The zero-order chi connectivity index (χ0) is 14.3. The molecule has 0 spiro atoms. The van der Waals surface area contributed by atoms with Gasteiger partial charge >= 0.3 is 0 Å². The van der Waals surface area contributed by atoms with Crippen molar-refractivity contribution in [2.24, 2.45) is 14.1 Å². The average Bonchev–Trinajstić information content (AvgIpc) is 2.97. The largest absolute Gasteiger partial charge is 0.337 e. The van der Waals surface area contributed by atoms with E-state index in [0.717, 1.165) is 34.3 Å². The van der Waals surface area contributed by atoms with Crippen LogP contribution in [0.3, 0.4) is 0 Å². The van der Waals surface area contributed by atoms with Gasteiger partial charge in [0, 0.05) is 19.8 Å². The highest BCUT2D eigenvalue weighted by Crippen LogP contribution is 2.31. The third-order valence-electron chi connectivity index (χ3n) is 3.77. The average molecular weight is 385 g/mol. The highest BCUT2D eigenvalue weighted by Gasteiger charge is 2.30. The summed E-state index contributed by atoms with van der Waals surface area (Å²) in [5, 5.41) is 7.11. The number of aryl methyl sites for hydroxylation is 2. The lowest BCUT2D eigenvalue weighted by Crippen LogP contribution is -2.25. The van der Waals surface area contributed by atoms with E-state index in [-0.39, 0.29) is 11.8 Å². The standard InChI is InChI=1S/C13H16IN5O/c1-18-7-15-11-8(4-3-5-10(11)18)13(20)17-9-6-16-19(2)12(9)14/h6-8H,3-5H2,1-2H3,(H,17,20). The Labute approximate surface area is 130 Å². The van der Waals surface area contributed by atoms with Crippen molar-refractivity contribution < 1.29 is 4.79 Å². The molecule has 1 unspecified atom stereocenters. The number of aromatic nitrogens is 4. The topological polar surface area (TPSA) is 64.7 Å². The number of amides is 1. The lowest BCUT2D eigenvalue weighted by molar-refractivity contribution is -0.118. The summed E-state index contributed by atoms with van der Waals surface area (Å²) in [6, 6.07) is 0. The lowest BCUT2D eigenvalue weighted by atomic mass is 9.89. The van der Waals surface area contributed by atoms with Crippen molar-refractivity contribution in [2.45, 2.75) is 25.2 Å². The molecule has 6 nitrogen and oxygen atoms in total. The molecule has 0 aliphatic heterocycles. The van der Waals surface area contributed by atoms with Crippen LogP contribution in [0.1, 0.15) is 30.1 Å². The molecule has 1 N–H and O–H groups in total. The molecule has 0 fully saturated rings. The van der Waals surface area contributed by atoms with Gasteiger partial charge in [-0.15, -0.1) is 0 Å². The molecule has 3 rings (SSSR count). The fraction of sp³-hybridized carbons (Fsp3) is 0.462. The molecule has 1 aliphatic rings. The van der Waals surface area contributed by atoms with Crippen LogP contribution >= 0.6 is 22.6 Å². The zero-order valence-corrected chi connectivity index (χ0v) is 13.6. The molecule has 0 saturated carbocycles. The van der Waals surface area contributed by atoms with Crippen LogP contribution in [-0.4, -0.2) is 25.2 Å². The minimum atomic E-state index is -0.157. The molecule has 2 aromatic heterocycles. The molecule has 1 atom stereocenters. The molecule has 2 heterocycles. The summed E-state index contributed by atoms with van der Waals surface area (Å²) in [4.78, 5) is 16.9. The number of nitrogens with zero attached hydrogens (tertiary/aromatic N) is 4. The Bertz CT molecular complexity index is 660. The Morgan fingerprint density at radius 1 is 1.50 bits per heavy atom. The predicted octanol–water partition coefficient (Wildman–Crippen LogP) is 1.82. The van der Waals surface area contributed by atoms with Crippen molar-refractivity contribution in [1.29, 1.82) is 0 Å². The quantitative estimate of drug-likeness (QED) is 0.803. The first kappa shape index (κ1) is 13.6. The van der Waals surface area contributed by atoms with Crippen LogP contribution in [-0.2, 0) is 25.3 Å². The first-order valence-electron chi connectivity index (χ1n) is 6.56. The first-order chi connectivity index (χ1) is 9.58. The van der Waals surface area contributed by atoms with Gasteiger partial charge in [0.2, 0.25) is 5.91 Å². The number of carbonyl (C=O) groups is 1. The Hall–Kier alpha value is -1.38. The van der Waals surface area contributed by atoms with E-state index in [0.29, 0.717) is 0 Å². The van der Waals surface area contributed by atoms with Crippen LogP contribution in [0.5, 0.6) is 0 Å². The number of halogens is 1. The number of hydrogen-bond acceptors (Lipinski definition) is 3. The molecule has 0 saturated heterocycles. The van der Waals surface area contributed by atoms with E-state index >= 15 is 0 Å². The third-order valence-corrected chi connectivity index (χ3v) is 5.05. The van der Waals surface area contributed by atoms with Gasteiger partial charge in [-0.1, -0.05) is 0 Å². The van der Waals surface area contributed by atoms with E-state index in [9.17, 15) is 4.79 Å². The van der Waals surface area contributed by atoms with Crippen LogP contribution in [0, 0.1) is 3.70 Å². The van der Waals surface area contributed by atoms with Crippen LogP contribution < -0.4 is 5.32 Å². The maximum atomic E-state index is 12.5. The molecule has 20 heavy (non-hydrogen) atoms. The number of hydrogen-bond donors (Lipinski definition) is 1. The Balaban J connectivity index is 1.83. The number of anilines is 1. The Morgan fingerprint density at radius 3 is 3.00 bits per heavy atom. The lowest BCUT2D eigenvalue weighted by Gasteiger charge is -2.21. The van der Waals surface area contributed by atoms with Gasteiger partial charge in [-0.3, -0.25) is 9.48 Å². The molecule has 0 radical (unpaired) electrons. The van der Waals surface area contributed by atoms with Crippen LogP contribution in [0.25, 0.3) is 0 Å². The predicted molar refractivity (Wildman–Crippen MR) is 83.4 cm³/mol. The summed E-state index contributed by atoms with van der Waals surface area (Å²) in [5.74, 6) is -0.147. The highest BCUT2D eigenvalue weighted by atomic mass is 127. The number of nitrogens with one attached hydrogen (secondary N) is 1. The number of rotatable bonds is 2. The van der Waals surface area contributed by atoms with Crippen molar-refractivity contribution in [3.63, 3.8) is 0 Å². The summed E-state index contributed by atoms with van der Waals surface area (Å²) in [6.45, 7) is 0. The van der Waals surface area contributed by atoms with Crippen LogP contribution in [0.15, 0.2) is 12.5 Å². The van der Waals surface area contributed by atoms with Crippen molar-refractivity contribution >= 4 is 34.2 Å². The summed E-state index contributed by atoms with van der Waals surface area (Å²) >= 11 is 2.17. The Kier molecular flexibility index (Phi) is 3.53. The monoisotopic (exact) mass is 385 g/mol. The van der Waals surface area contributed by atoms with Gasteiger partial charge in [-0.05, 0) is 41.9 Å². The molecule has 106 valence electrons. The van der Waals surface area contributed by atoms with Crippen LogP contribution in [0.4, 0.5) is 5.69 Å². The summed E-state index contributed by atoms with van der Waals surface area (Å²) in [6.07, 6.45) is 6.35. The molecule has 7 heteroatoms. The van der Waals surface area contributed by atoms with Gasteiger partial charge in [0.25, 0.3) is 0 Å². The summed E-state index contributed by atoms with van der Waals surface area (Å²) < 4.78 is 4.68. The number of carbonyl (C=O) groups excluding carboxylic acids is 1. The van der Waals surface area contributed by atoms with Gasteiger partial charge < -0.3 is 9.88 Å². The normalized spacial score (nSPS) is 17.9. The van der Waals surface area contributed by atoms with Gasteiger partial charge in [-0.25, -0.2) is 4.98 Å². The van der Waals surface area contributed by atoms with Crippen molar-refractivity contribution in [2.75, 3.05) is 5.32 Å². The van der Waals surface area contributed by atoms with E-state index in [1.54, 1.807) is 17.2 Å². The molecule has 0 bridgehead atoms. The molecular weight excluding hydrogens is 369 g/mol. The smallest absolute Gasteiger partial charge is 0.233 e. The fourth-order valence-electron chi connectivity index (χ4n) is 2.66. The SMILES string of the molecule is Cn1cnc2c1CCCC2C(=O)Nc1cnn(C)c1I. The third kappa shape index (κ3) is 2.23. The van der Waals surface area contributed by atoms with E-state index in [1.807, 2.05) is 18.7 Å². The highest BCUT2D eigenvalue weighted by molar-refractivity contribution is 14.1. The number of fused-ring (bicyclic) bond motifs is 1. The number of imidazole rings is 1. The van der Waals surface area contributed by atoms with E-state index in [4.69, 9.17) is 0 Å². The Morgan fingerprint density at radius 2 is 2.30 bits per heavy atom. The second-order valence-corrected chi connectivity index (χ2v) is 6.12. The maximum absolute atomic E-state index is 12.5. The van der Waals surface area contributed by atoms with Gasteiger partial charge in [0.05, 0.1) is 29.8 Å². The molecule has 0 aromatic carbocycles. The minimum Gasteiger partial charge on any atom is -0.337 e. The first-order valence-corrected chi connectivity index (χ1v) is 7.64. The fourth-order valence-corrected chi connectivity index (χ4v) is 3.06. The van der Waals surface area contributed by atoms with E-state index in [2.05, 4.69) is 38.0 Å². The van der Waals surface area contributed by atoms with Crippen LogP contribution in [0.2, 0.25) is 0 Å². The summed E-state index contributed by atoms with van der Waals surface area (Å²) in [5.41, 5.74) is 2.87. The van der Waals surface area contributed by atoms with Gasteiger partial charge in [-0.2, -0.15) is 5.10 Å². The van der Waals surface area contributed by atoms with Gasteiger partial charge in [0.1, 0.15) is 3.70 Å².